The van der Waals surface area contributed by atoms with Gasteiger partial charge in [-0.2, -0.15) is 14.6 Å². The molecule has 1 unspecified atom stereocenters. The number of rotatable bonds is 9. The molecule has 0 radical (unpaired) electrons. The summed E-state index contributed by atoms with van der Waals surface area (Å²) in [6.07, 6.45) is 7.29. The number of carbonyl (C=O) groups excluding carboxylic acids is 1. The maximum absolute atomic E-state index is 13.9. The number of hydrogen-bond donors (Lipinski definition) is 2. The van der Waals surface area contributed by atoms with Gasteiger partial charge in [0.25, 0.3) is 11.5 Å². The maximum Gasteiger partial charge on any atom is 0.271 e. The van der Waals surface area contributed by atoms with Gasteiger partial charge in [0.1, 0.15) is 6.04 Å². The predicted octanol–water partition coefficient (Wildman–Crippen LogP) is 4.04. The van der Waals surface area contributed by atoms with Crippen LogP contribution >= 0.6 is 0 Å². The molecule has 9 nitrogen and oxygen atoms in total. The summed E-state index contributed by atoms with van der Waals surface area (Å²) in [6, 6.07) is 5.27. The highest BCUT2D eigenvalue weighted by Crippen LogP contribution is 2.32. The predicted molar refractivity (Wildman–Crippen MR) is 128 cm³/mol. The molecule has 1 aliphatic rings. The fourth-order valence-corrected chi connectivity index (χ4v) is 4.38. The Morgan fingerprint density at radius 1 is 1.28 bits per heavy atom. The standard InChI is InChI=1S/C25H29F2N5O4/c1-25(2,35)15-31-11-10-21(30-31)29-24(34)19(12-16-6-3-4-7-16)32-22(33)13-17(14-28-32)36-20-9-5-8-18(26)23(20)27/h5,8-11,13-14,16,19,35H,3-4,6-7,12,15H2,1-2H3,(H,29,30,34). The maximum atomic E-state index is 13.9. The summed E-state index contributed by atoms with van der Waals surface area (Å²) in [6.45, 7) is 3.54. The first-order chi connectivity index (χ1) is 17.1. The molecule has 1 atom stereocenters. The molecule has 11 heteroatoms. The van der Waals surface area contributed by atoms with Crippen molar-refractivity contribution in [2.24, 2.45) is 5.92 Å². The molecule has 1 aliphatic carbocycles. The van der Waals surface area contributed by atoms with E-state index in [4.69, 9.17) is 4.74 Å². The third kappa shape index (κ3) is 6.34. The molecule has 1 amide bonds. The average molecular weight is 502 g/mol. The van der Waals surface area contributed by atoms with E-state index in [9.17, 15) is 23.5 Å². The summed E-state index contributed by atoms with van der Waals surface area (Å²) in [7, 11) is 0. The molecule has 2 aromatic heterocycles. The summed E-state index contributed by atoms with van der Waals surface area (Å²) >= 11 is 0. The van der Waals surface area contributed by atoms with Crippen LogP contribution in [0.2, 0.25) is 0 Å². The van der Waals surface area contributed by atoms with Crippen molar-refractivity contribution in [2.45, 2.75) is 64.1 Å². The number of halogens is 2. The van der Waals surface area contributed by atoms with E-state index >= 15 is 0 Å². The lowest BCUT2D eigenvalue weighted by molar-refractivity contribution is -0.120. The summed E-state index contributed by atoms with van der Waals surface area (Å²) < 4.78 is 35.3. The van der Waals surface area contributed by atoms with Crippen molar-refractivity contribution in [1.29, 1.82) is 0 Å². The van der Waals surface area contributed by atoms with Crippen molar-refractivity contribution >= 4 is 11.7 Å². The smallest absolute Gasteiger partial charge is 0.271 e. The number of aliphatic hydroxyl groups is 1. The zero-order valence-corrected chi connectivity index (χ0v) is 20.2. The molecule has 36 heavy (non-hydrogen) atoms. The second kappa shape index (κ2) is 10.6. The number of anilines is 1. The molecule has 0 saturated heterocycles. The van der Waals surface area contributed by atoms with Crippen molar-refractivity contribution in [2.75, 3.05) is 5.32 Å². The summed E-state index contributed by atoms with van der Waals surface area (Å²) in [5, 5.41) is 21.1. The molecular weight excluding hydrogens is 472 g/mol. The van der Waals surface area contributed by atoms with E-state index in [1.165, 1.54) is 23.0 Å². The molecule has 0 spiro atoms. The molecule has 2 heterocycles. The van der Waals surface area contributed by atoms with Crippen LogP contribution in [0, 0.1) is 17.6 Å². The normalized spacial score (nSPS) is 15.1. The van der Waals surface area contributed by atoms with Crippen LogP contribution in [0.25, 0.3) is 0 Å². The quantitative estimate of drug-likeness (QED) is 0.458. The minimum absolute atomic E-state index is 0.0777. The number of carbonyl (C=O) groups is 1. The molecular formula is C25H29F2N5O4. The Balaban J connectivity index is 1.55. The molecule has 1 fully saturated rings. The molecule has 1 aromatic carbocycles. The van der Waals surface area contributed by atoms with Gasteiger partial charge in [-0.05, 0) is 38.3 Å². The van der Waals surface area contributed by atoms with Crippen molar-refractivity contribution in [1.82, 2.24) is 19.6 Å². The SMILES string of the molecule is CC(C)(O)Cn1ccc(NC(=O)C(CC2CCCC2)n2ncc(Oc3cccc(F)c3F)cc2=O)n1. The van der Waals surface area contributed by atoms with Crippen LogP contribution in [0.1, 0.15) is 52.0 Å². The number of ether oxygens (including phenoxy) is 1. The van der Waals surface area contributed by atoms with E-state index < -0.39 is 34.7 Å². The summed E-state index contributed by atoms with van der Waals surface area (Å²) in [4.78, 5) is 26.2. The van der Waals surface area contributed by atoms with Gasteiger partial charge in [0.15, 0.2) is 23.1 Å². The molecule has 4 rings (SSSR count). The van der Waals surface area contributed by atoms with Gasteiger partial charge < -0.3 is 15.2 Å². The first-order valence-corrected chi connectivity index (χ1v) is 11.9. The molecule has 2 N–H and O–H groups in total. The van der Waals surface area contributed by atoms with E-state index in [1.807, 2.05) is 0 Å². The Morgan fingerprint density at radius 2 is 2.03 bits per heavy atom. The van der Waals surface area contributed by atoms with Crippen LogP contribution in [-0.2, 0) is 11.3 Å². The zero-order chi connectivity index (χ0) is 25.9. The number of benzene rings is 1. The highest BCUT2D eigenvalue weighted by Gasteiger charge is 2.29. The second-order valence-electron chi connectivity index (χ2n) is 9.73. The van der Waals surface area contributed by atoms with E-state index in [0.29, 0.717) is 6.42 Å². The molecule has 0 bridgehead atoms. The van der Waals surface area contributed by atoms with Crippen LogP contribution in [0.5, 0.6) is 11.5 Å². The first-order valence-electron chi connectivity index (χ1n) is 11.9. The lowest BCUT2D eigenvalue weighted by Crippen LogP contribution is -2.36. The van der Waals surface area contributed by atoms with Crippen LogP contribution in [0.4, 0.5) is 14.6 Å². The van der Waals surface area contributed by atoms with Crippen LogP contribution in [-0.4, -0.2) is 36.2 Å². The Labute approximate surface area is 206 Å². The van der Waals surface area contributed by atoms with Crippen molar-refractivity contribution in [3.8, 4) is 11.5 Å². The highest BCUT2D eigenvalue weighted by atomic mass is 19.2. The van der Waals surface area contributed by atoms with Crippen LogP contribution < -0.4 is 15.6 Å². The summed E-state index contributed by atoms with van der Waals surface area (Å²) in [5.41, 5.74) is -1.59. The monoisotopic (exact) mass is 501 g/mol. The number of nitrogens with zero attached hydrogens (tertiary/aromatic N) is 4. The second-order valence-corrected chi connectivity index (χ2v) is 9.73. The topological polar surface area (TPSA) is 111 Å². The van der Waals surface area contributed by atoms with Crippen molar-refractivity contribution < 1.29 is 23.4 Å². The number of hydrogen-bond acceptors (Lipinski definition) is 6. The van der Waals surface area contributed by atoms with E-state index in [-0.39, 0.29) is 29.8 Å². The minimum Gasteiger partial charge on any atom is -0.452 e. The molecule has 0 aliphatic heterocycles. The lowest BCUT2D eigenvalue weighted by Gasteiger charge is -2.21. The Morgan fingerprint density at radius 3 is 2.72 bits per heavy atom. The van der Waals surface area contributed by atoms with Gasteiger partial charge in [0.2, 0.25) is 5.82 Å². The van der Waals surface area contributed by atoms with Gasteiger partial charge in [-0.1, -0.05) is 31.7 Å². The van der Waals surface area contributed by atoms with Crippen LogP contribution in [0.15, 0.2) is 47.5 Å². The Kier molecular flexibility index (Phi) is 7.48. The van der Waals surface area contributed by atoms with Gasteiger partial charge in [0.05, 0.1) is 18.3 Å². The molecule has 192 valence electrons. The number of nitrogens with one attached hydrogen (secondary N) is 1. The van der Waals surface area contributed by atoms with E-state index in [1.54, 1.807) is 26.1 Å². The molecule has 3 aromatic rings. The fraction of sp³-hybridized carbons (Fsp3) is 0.440. The Bertz CT molecular complexity index is 1280. The van der Waals surface area contributed by atoms with Crippen molar-refractivity contribution in [3.63, 3.8) is 0 Å². The van der Waals surface area contributed by atoms with Crippen LogP contribution in [0.3, 0.4) is 0 Å². The third-order valence-electron chi connectivity index (χ3n) is 6.01. The van der Waals surface area contributed by atoms with Gasteiger partial charge in [-0.3, -0.25) is 14.3 Å². The van der Waals surface area contributed by atoms with Gasteiger partial charge in [0, 0.05) is 18.3 Å². The number of aromatic nitrogens is 4. The van der Waals surface area contributed by atoms with Crippen molar-refractivity contribution in [3.05, 3.63) is 64.7 Å². The highest BCUT2D eigenvalue weighted by molar-refractivity contribution is 5.92. The summed E-state index contributed by atoms with van der Waals surface area (Å²) in [5.74, 6) is -2.61. The first kappa shape index (κ1) is 25.5. The fourth-order valence-electron chi connectivity index (χ4n) is 4.38. The lowest BCUT2D eigenvalue weighted by atomic mass is 9.98. The third-order valence-corrected chi connectivity index (χ3v) is 6.01. The zero-order valence-electron chi connectivity index (χ0n) is 20.2. The molecule has 1 saturated carbocycles. The van der Waals surface area contributed by atoms with E-state index in [0.717, 1.165) is 42.5 Å². The van der Waals surface area contributed by atoms with E-state index in [2.05, 4.69) is 15.5 Å². The van der Waals surface area contributed by atoms with Gasteiger partial charge in [-0.25, -0.2) is 9.07 Å². The van der Waals surface area contributed by atoms with Gasteiger partial charge >= 0.3 is 0 Å². The van der Waals surface area contributed by atoms with Gasteiger partial charge in [-0.15, -0.1) is 0 Å². The largest absolute Gasteiger partial charge is 0.452 e. The number of amides is 1. The average Bonchev–Trinajstić information content (AvgIpc) is 3.47. The Hall–Kier alpha value is -3.60. The minimum atomic E-state index is -1.18.